The summed E-state index contributed by atoms with van der Waals surface area (Å²) < 4.78 is 13.7. The Morgan fingerprint density at radius 3 is 2.71 bits per heavy atom. The number of rotatable bonds is 3. The third kappa shape index (κ3) is 3.41. The number of carbonyl (C=O) groups is 1. The normalized spacial score (nSPS) is 15.1. The van der Waals surface area contributed by atoms with Crippen LogP contribution in [0.5, 0.6) is 0 Å². The lowest BCUT2D eigenvalue weighted by Gasteiger charge is -2.34. The summed E-state index contributed by atoms with van der Waals surface area (Å²) in [5.74, 6) is -0.520. The van der Waals surface area contributed by atoms with Crippen molar-refractivity contribution in [2.24, 2.45) is 0 Å². The molecule has 1 saturated heterocycles. The van der Waals surface area contributed by atoms with Gasteiger partial charge in [-0.3, -0.25) is 4.79 Å². The van der Waals surface area contributed by atoms with E-state index in [1.54, 1.807) is 12.1 Å². The standard InChI is InChI=1S/C18H18FN3OS/c1-12-5-6-17(24-12)18(23)21-13-7-9-22(10-8-13)16-4-2-3-15(19)14(16)11-20/h2-6,13H,7-10H2,1H3,(H,21,23). The van der Waals surface area contributed by atoms with Crippen molar-refractivity contribution in [3.05, 3.63) is 51.5 Å². The summed E-state index contributed by atoms with van der Waals surface area (Å²) in [4.78, 5) is 16.1. The molecule has 0 unspecified atom stereocenters. The van der Waals surface area contributed by atoms with Crippen LogP contribution in [0.25, 0.3) is 0 Å². The van der Waals surface area contributed by atoms with Gasteiger partial charge in [0, 0.05) is 24.0 Å². The van der Waals surface area contributed by atoms with E-state index in [0.717, 1.165) is 22.6 Å². The molecule has 0 spiro atoms. The SMILES string of the molecule is Cc1ccc(C(=O)NC2CCN(c3cccc(F)c3C#N)CC2)s1. The zero-order valence-electron chi connectivity index (χ0n) is 13.4. The molecule has 0 radical (unpaired) electrons. The molecule has 1 N–H and O–H groups in total. The molecule has 4 nitrogen and oxygen atoms in total. The number of nitrogens with zero attached hydrogens (tertiary/aromatic N) is 2. The Morgan fingerprint density at radius 2 is 2.08 bits per heavy atom. The maximum atomic E-state index is 13.7. The van der Waals surface area contributed by atoms with Crippen LogP contribution in [-0.2, 0) is 0 Å². The van der Waals surface area contributed by atoms with Crippen LogP contribution >= 0.6 is 11.3 Å². The van der Waals surface area contributed by atoms with Gasteiger partial charge in [0.25, 0.3) is 5.91 Å². The van der Waals surface area contributed by atoms with Crippen molar-refractivity contribution >= 4 is 22.9 Å². The minimum atomic E-state index is -0.488. The molecule has 24 heavy (non-hydrogen) atoms. The quantitative estimate of drug-likeness (QED) is 0.928. The fourth-order valence-corrected chi connectivity index (χ4v) is 3.74. The summed E-state index contributed by atoms with van der Waals surface area (Å²) in [6.45, 7) is 3.35. The van der Waals surface area contributed by atoms with Gasteiger partial charge in [0.15, 0.2) is 0 Å². The summed E-state index contributed by atoms with van der Waals surface area (Å²) >= 11 is 1.49. The van der Waals surface area contributed by atoms with Crippen LogP contribution in [0.3, 0.4) is 0 Å². The zero-order valence-corrected chi connectivity index (χ0v) is 14.2. The number of hydrogen-bond donors (Lipinski definition) is 1. The minimum absolute atomic E-state index is 0.0324. The van der Waals surface area contributed by atoms with Crippen molar-refractivity contribution in [3.63, 3.8) is 0 Å². The van der Waals surface area contributed by atoms with E-state index in [4.69, 9.17) is 5.26 Å². The number of benzene rings is 1. The molecular formula is C18H18FN3OS. The van der Waals surface area contributed by atoms with Gasteiger partial charge in [-0.15, -0.1) is 11.3 Å². The van der Waals surface area contributed by atoms with E-state index in [9.17, 15) is 9.18 Å². The van der Waals surface area contributed by atoms with Gasteiger partial charge in [-0.05, 0) is 44.0 Å². The second-order valence-corrected chi connectivity index (χ2v) is 7.18. The second kappa shape index (κ2) is 7.02. The minimum Gasteiger partial charge on any atom is -0.370 e. The number of thiophene rings is 1. The number of anilines is 1. The molecule has 0 aliphatic carbocycles. The molecule has 1 aromatic heterocycles. The fraction of sp³-hybridized carbons (Fsp3) is 0.333. The second-order valence-electron chi connectivity index (χ2n) is 5.89. The fourth-order valence-electron chi connectivity index (χ4n) is 2.96. The lowest BCUT2D eigenvalue weighted by Crippen LogP contribution is -2.44. The first kappa shape index (κ1) is 16.5. The maximum Gasteiger partial charge on any atom is 0.261 e. The molecule has 6 heteroatoms. The molecule has 3 rings (SSSR count). The summed E-state index contributed by atoms with van der Waals surface area (Å²) in [7, 11) is 0. The monoisotopic (exact) mass is 343 g/mol. The van der Waals surface area contributed by atoms with Gasteiger partial charge in [-0.2, -0.15) is 5.26 Å². The summed E-state index contributed by atoms with van der Waals surface area (Å²) in [5, 5.41) is 12.2. The Hall–Kier alpha value is -2.39. The molecule has 124 valence electrons. The van der Waals surface area contributed by atoms with E-state index >= 15 is 0 Å². The van der Waals surface area contributed by atoms with E-state index in [2.05, 4.69) is 5.32 Å². The molecule has 1 aromatic carbocycles. The van der Waals surface area contributed by atoms with Gasteiger partial charge in [0.2, 0.25) is 0 Å². The molecule has 1 aliphatic rings. The smallest absolute Gasteiger partial charge is 0.261 e. The Balaban J connectivity index is 1.61. The van der Waals surface area contributed by atoms with Crippen molar-refractivity contribution in [3.8, 4) is 6.07 Å². The number of halogens is 1. The zero-order chi connectivity index (χ0) is 17.1. The average Bonchev–Trinajstić information content (AvgIpc) is 3.02. The first-order valence-electron chi connectivity index (χ1n) is 7.89. The number of hydrogen-bond acceptors (Lipinski definition) is 4. The van der Waals surface area contributed by atoms with Gasteiger partial charge >= 0.3 is 0 Å². The van der Waals surface area contributed by atoms with E-state index < -0.39 is 5.82 Å². The third-order valence-corrected chi connectivity index (χ3v) is 5.24. The van der Waals surface area contributed by atoms with Crippen LogP contribution < -0.4 is 10.2 Å². The predicted octanol–water partition coefficient (Wildman–Crippen LogP) is 3.47. The number of amides is 1. The van der Waals surface area contributed by atoms with Crippen molar-refractivity contribution in [2.45, 2.75) is 25.8 Å². The Kier molecular flexibility index (Phi) is 4.81. The molecule has 0 saturated carbocycles. The summed E-state index contributed by atoms with van der Waals surface area (Å²) in [6.07, 6.45) is 1.55. The van der Waals surface area contributed by atoms with E-state index in [1.165, 1.54) is 17.4 Å². The van der Waals surface area contributed by atoms with Crippen LogP contribution in [0.4, 0.5) is 10.1 Å². The summed E-state index contributed by atoms with van der Waals surface area (Å²) in [6, 6.07) is 10.5. The Bertz CT molecular complexity index is 788. The first-order valence-corrected chi connectivity index (χ1v) is 8.71. The number of piperidine rings is 1. The van der Waals surface area contributed by atoms with Crippen LogP contribution in [-0.4, -0.2) is 25.0 Å². The van der Waals surface area contributed by atoms with Crippen LogP contribution in [0.2, 0.25) is 0 Å². The highest BCUT2D eigenvalue weighted by molar-refractivity contribution is 7.13. The number of carbonyl (C=O) groups excluding carboxylic acids is 1. The molecule has 1 aliphatic heterocycles. The predicted molar refractivity (Wildman–Crippen MR) is 92.9 cm³/mol. The molecule has 1 fully saturated rings. The number of nitrogens with one attached hydrogen (secondary N) is 1. The Labute approximate surface area is 144 Å². The molecule has 1 amide bonds. The first-order chi connectivity index (χ1) is 11.6. The van der Waals surface area contributed by atoms with Crippen LogP contribution in [0.1, 0.15) is 33.0 Å². The molecule has 2 aromatic rings. The van der Waals surface area contributed by atoms with Crippen molar-refractivity contribution < 1.29 is 9.18 Å². The Morgan fingerprint density at radius 1 is 1.33 bits per heavy atom. The third-order valence-electron chi connectivity index (χ3n) is 4.24. The largest absolute Gasteiger partial charge is 0.370 e. The average molecular weight is 343 g/mol. The van der Waals surface area contributed by atoms with Crippen LogP contribution in [0.15, 0.2) is 30.3 Å². The molecule has 0 bridgehead atoms. The number of aryl methyl sites for hydroxylation is 1. The van der Waals surface area contributed by atoms with Gasteiger partial charge in [0.1, 0.15) is 17.4 Å². The highest BCUT2D eigenvalue weighted by Gasteiger charge is 2.24. The van der Waals surface area contributed by atoms with Gasteiger partial charge in [-0.1, -0.05) is 6.07 Å². The highest BCUT2D eigenvalue weighted by Crippen LogP contribution is 2.26. The van der Waals surface area contributed by atoms with Gasteiger partial charge in [0.05, 0.1) is 10.6 Å². The van der Waals surface area contributed by atoms with Gasteiger partial charge < -0.3 is 10.2 Å². The maximum absolute atomic E-state index is 13.7. The van der Waals surface area contributed by atoms with Gasteiger partial charge in [-0.25, -0.2) is 4.39 Å². The lowest BCUT2D eigenvalue weighted by atomic mass is 10.0. The van der Waals surface area contributed by atoms with E-state index in [-0.39, 0.29) is 17.5 Å². The number of nitriles is 1. The summed E-state index contributed by atoms with van der Waals surface area (Å²) in [5.41, 5.74) is 0.727. The van der Waals surface area contributed by atoms with E-state index in [0.29, 0.717) is 18.8 Å². The van der Waals surface area contributed by atoms with E-state index in [1.807, 2.05) is 30.0 Å². The topological polar surface area (TPSA) is 56.1 Å². The van der Waals surface area contributed by atoms with Crippen molar-refractivity contribution in [1.29, 1.82) is 5.26 Å². The van der Waals surface area contributed by atoms with Crippen LogP contribution in [0, 0.1) is 24.1 Å². The molecule has 2 heterocycles. The molecule has 0 atom stereocenters. The van der Waals surface area contributed by atoms with Crippen molar-refractivity contribution in [2.75, 3.05) is 18.0 Å². The molecular weight excluding hydrogens is 325 g/mol. The highest BCUT2D eigenvalue weighted by atomic mass is 32.1. The van der Waals surface area contributed by atoms with Crippen molar-refractivity contribution in [1.82, 2.24) is 5.32 Å². The lowest BCUT2D eigenvalue weighted by molar-refractivity contribution is 0.0935.